The number of hydrogen-bond donors (Lipinski definition) is 1. The predicted octanol–water partition coefficient (Wildman–Crippen LogP) is 4.09. The van der Waals surface area contributed by atoms with E-state index in [-0.39, 0.29) is 5.75 Å². The topological polar surface area (TPSA) is 46.5 Å². The Morgan fingerprint density at radius 1 is 1.00 bits per heavy atom. The molecule has 5 heteroatoms. The standard InChI is InChI=1S/C19H16FN3O/c1-24-17-12-18(21-13-16(17)20)22-23-19(14-8-4-2-5-9-14)15-10-6-3-7-11-15/h2-13H,1H3,(H,21,22). The summed E-state index contributed by atoms with van der Waals surface area (Å²) in [6.45, 7) is 0. The minimum absolute atomic E-state index is 0.115. The number of halogens is 1. The van der Waals surface area contributed by atoms with Crippen molar-refractivity contribution in [2.45, 2.75) is 0 Å². The van der Waals surface area contributed by atoms with Crippen molar-refractivity contribution in [3.05, 3.63) is 89.9 Å². The molecule has 0 saturated carbocycles. The summed E-state index contributed by atoms with van der Waals surface area (Å²) in [7, 11) is 1.41. The number of hydrogen-bond acceptors (Lipinski definition) is 4. The van der Waals surface area contributed by atoms with Crippen LogP contribution >= 0.6 is 0 Å². The Kier molecular flexibility index (Phi) is 4.81. The lowest BCUT2D eigenvalue weighted by atomic mass is 10.0. The third-order valence-corrected chi connectivity index (χ3v) is 3.42. The zero-order chi connectivity index (χ0) is 16.8. The van der Waals surface area contributed by atoms with Crippen molar-refractivity contribution in [2.24, 2.45) is 5.10 Å². The highest BCUT2D eigenvalue weighted by Gasteiger charge is 2.08. The number of rotatable bonds is 5. The largest absolute Gasteiger partial charge is 0.493 e. The third-order valence-electron chi connectivity index (χ3n) is 3.42. The quantitative estimate of drug-likeness (QED) is 0.568. The molecule has 0 aliphatic carbocycles. The average molecular weight is 321 g/mol. The number of nitrogens with one attached hydrogen (secondary N) is 1. The molecule has 0 atom stereocenters. The van der Waals surface area contributed by atoms with Gasteiger partial charge < -0.3 is 4.74 Å². The van der Waals surface area contributed by atoms with Crippen LogP contribution in [0.5, 0.6) is 5.75 Å². The summed E-state index contributed by atoms with van der Waals surface area (Å²) in [6, 6.07) is 21.1. The fourth-order valence-corrected chi connectivity index (χ4v) is 2.24. The lowest BCUT2D eigenvalue weighted by Gasteiger charge is -2.09. The molecule has 0 bridgehead atoms. The monoisotopic (exact) mass is 321 g/mol. The van der Waals surface area contributed by atoms with Gasteiger partial charge in [-0.2, -0.15) is 5.10 Å². The molecule has 0 amide bonds. The zero-order valence-corrected chi connectivity index (χ0v) is 13.1. The van der Waals surface area contributed by atoms with E-state index in [1.807, 2.05) is 60.7 Å². The first kappa shape index (κ1) is 15.7. The van der Waals surface area contributed by atoms with Crippen LogP contribution in [0.1, 0.15) is 11.1 Å². The second-order valence-corrected chi connectivity index (χ2v) is 5.01. The molecule has 0 aliphatic heterocycles. The number of ether oxygens (including phenoxy) is 1. The number of methoxy groups -OCH3 is 1. The molecular weight excluding hydrogens is 305 g/mol. The summed E-state index contributed by atoms with van der Waals surface area (Å²) in [5, 5.41) is 4.47. The average Bonchev–Trinajstić information content (AvgIpc) is 2.65. The predicted molar refractivity (Wildman–Crippen MR) is 92.9 cm³/mol. The normalized spacial score (nSPS) is 10.1. The Labute approximate surface area is 139 Å². The maximum Gasteiger partial charge on any atom is 0.183 e. The van der Waals surface area contributed by atoms with Crippen LogP contribution < -0.4 is 10.2 Å². The minimum atomic E-state index is -0.515. The second kappa shape index (κ2) is 7.37. The van der Waals surface area contributed by atoms with Gasteiger partial charge in [-0.3, -0.25) is 5.43 Å². The van der Waals surface area contributed by atoms with Crippen molar-refractivity contribution >= 4 is 11.5 Å². The minimum Gasteiger partial charge on any atom is -0.493 e. The number of benzene rings is 2. The lowest BCUT2D eigenvalue weighted by molar-refractivity contribution is 0.385. The van der Waals surface area contributed by atoms with Gasteiger partial charge in [-0.05, 0) is 0 Å². The van der Waals surface area contributed by atoms with E-state index >= 15 is 0 Å². The molecule has 0 fully saturated rings. The van der Waals surface area contributed by atoms with E-state index in [0.717, 1.165) is 23.0 Å². The van der Waals surface area contributed by atoms with Crippen LogP contribution in [0.3, 0.4) is 0 Å². The molecule has 24 heavy (non-hydrogen) atoms. The number of pyridine rings is 1. The van der Waals surface area contributed by atoms with Gasteiger partial charge in [-0.1, -0.05) is 60.7 Å². The molecule has 0 saturated heterocycles. The van der Waals surface area contributed by atoms with E-state index < -0.39 is 5.82 Å². The van der Waals surface area contributed by atoms with Crippen molar-refractivity contribution < 1.29 is 9.13 Å². The van der Waals surface area contributed by atoms with Crippen LogP contribution in [0, 0.1) is 5.82 Å². The number of anilines is 1. The molecule has 120 valence electrons. The molecule has 2 aromatic carbocycles. The number of hydrazone groups is 1. The van der Waals surface area contributed by atoms with E-state index in [9.17, 15) is 4.39 Å². The maximum absolute atomic E-state index is 13.4. The fourth-order valence-electron chi connectivity index (χ4n) is 2.24. The van der Waals surface area contributed by atoms with Gasteiger partial charge in [0.1, 0.15) is 5.82 Å². The summed E-state index contributed by atoms with van der Waals surface area (Å²) in [5.74, 6) is -0.000318. The van der Waals surface area contributed by atoms with Gasteiger partial charge in [0.15, 0.2) is 11.6 Å². The SMILES string of the molecule is COc1cc(NN=C(c2ccccc2)c2ccccc2)ncc1F. The molecule has 3 aromatic rings. The zero-order valence-electron chi connectivity index (χ0n) is 13.1. The van der Waals surface area contributed by atoms with E-state index in [1.165, 1.54) is 13.2 Å². The molecule has 4 nitrogen and oxygen atoms in total. The van der Waals surface area contributed by atoms with Crippen LogP contribution in [-0.2, 0) is 0 Å². The molecule has 1 N–H and O–H groups in total. The highest BCUT2D eigenvalue weighted by Crippen LogP contribution is 2.19. The van der Waals surface area contributed by atoms with E-state index in [0.29, 0.717) is 5.82 Å². The van der Waals surface area contributed by atoms with Crippen molar-refractivity contribution in [3.63, 3.8) is 0 Å². The molecule has 0 unspecified atom stereocenters. The molecule has 1 aromatic heterocycles. The first-order chi connectivity index (χ1) is 11.8. The molecule has 1 heterocycles. The molecule has 0 aliphatic rings. The third kappa shape index (κ3) is 3.57. The molecule has 0 radical (unpaired) electrons. The maximum atomic E-state index is 13.4. The van der Waals surface area contributed by atoms with Gasteiger partial charge >= 0.3 is 0 Å². The van der Waals surface area contributed by atoms with Gasteiger partial charge in [0.2, 0.25) is 0 Å². The van der Waals surface area contributed by atoms with Gasteiger partial charge in [0.05, 0.1) is 19.0 Å². The van der Waals surface area contributed by atoms with Crippen LogP contribution in [0.2, 0.25) is 0 Å². The first-order valence-electron chi connectivity index (χ1n) is 7.42. The Morgan fingerprint density at radius 3 is 2.12 bits per heavy atom. The Bertz CT molecular complexity index is 794. The summed E-state index contributed by atoms with van der Waals surface area (Å²) in [4.78, 5) is 3.97. The highest BCUT2D eigenvalue weighted by molar-refractivity contribution is 6.13. The summed E-state index contributed by atoms with van der Waals surface area (Å²) in [5.41, 5.74) is 5.57. The van der Waals surface area contributed by atoms with Crippen LogP contribution in [0.15, 0.2) is 78.0 Å². The van der Waals surface area contributed by atoms with Gasteiger partial charge in [0.25, 0.3) is 0 Å². The van der Waals surface area contributed by atoms with Crippen LogP contribution in [0.25, 0.3) is 0 Å². The van der Waals surface area contributed by atoms with E-state index in [4.69, 9.17) is 4.74 Å². The summed E-state index contributed by atoms with van der Waals surface area (Å²) >= 11 is 0. The Balaban J connectivity index is 1.96. The van der Waals surface area contributed by atoms with E-state index in [2.05, 4.69) is 15.5 Å². The molecule has 3 rings (SSSR count). The molecular formula is C19H16FN3O. The second-order valence-electron chi connectivity index (χ2n) is 5.01. The Morgan fingerprint density at radius 2 is 1.58 bits per heavy atom. The number of aromatic nitrogens is 1. The van der Waals surface area contributed by atoms with Crippen LogP contribution in [-0.4, -0.2) is 17.8 Å². The van der Waals surface area contributed by atoms with Crippen molar-refractivity contribution in [1.82, 2.24) is 4.98 Å². The lowest BCUT2D eigenvalue weighted by Crippen LogP contribution is -2.07. The van der Waals surface area contributed by atoms with Crippen molar-refractivity contribution in [2.75, 3.05) is 12.5 Å². The summed E-state index contributed by atoms with van der Waals surface area (Å²) < 4.78 is 18.4. The smallest absolute Gasteiger partial charge is 0.183 e. The van der Waals surface area contributed by atoms with Gasteiger partial charge in [-0.25, -0.2) is 9.37 Å². The van der Waals surface area contributed by atoms with Gasteiger partial charge in [0, 0.05) is 17.2 Å². The first-order valence-corrected chi connectivity index (χ1v) is 7.42. The Hall–Kier alpha value is -3.21. The highest BCUT2D eigenvalue weighted by atomic mass is 19.1. The molecule has 0 spiro atoms. The van der Waals surface area contributed by atoms with Crippen molar-refractivity contribution in [1.29, 1.82) is 0 Å². The number of nitrogens with zero attached hydrogens (tertiary/aromatic N) is 2. The van der Waals surface area contributed by atoms with Crippen molar-refractivity contribution in [3.8, 4) is 5.75 Å². The summed E-state index contributed by atoms with van der Waals surface area (Å²) in [6.07, 6.45) is 1.10. The van der Waals surface area contributed by atoms with E-state index in [1.54, 1.807) is 0 Å². The fraction of sp³-hybridized carbons (Fsp3) is 0.0526. The van der Waals surface area contributed by atoms with Gasteiger partial charge in [-0.15, -0.1) is 0 Å². The van der Waals surface area contributed by atoms with Crippen LogP contribution in [0.4, 0.5) is 10.2 Å².